The maximum atomic E-state index is 4.38. The summed E-state index contributed by atoms with van der Waals surface area (Å²) in [6.07, 6.45) is 11.9. The summed E-state index contributed by atoms with van der Waals surface area (Å²) in [5.41, 5.74) is 2.04. The third-order valence-electron chi connectivity index (χ3n) is 3.95. The van der Waals surface area contributed by atoms with Gasteiger partial charge in [-0.05, 0) is 38.5 Å². The van der Waals surface area contributed by atoms with Gasteiger partial charge < -0.3 is 5.32 Å². The molecule has 1 aliphatic carbocycles. The molecule has 0 aliphatic heterocycles. The highest BCUT2D eigenvalue weighted by Crippen LogP contribution is 2.27. The Bertz CT molecular complexity index is 339. The molecule has 1 fully saturated rings. The molecule has 1 N–H and O–H groups in total. The van der Waals surface area contributed by atoms with E-state index in [0.717, 1.165) is 23.9 Å². The topological polar surface area (TPSA) is 37.8 Å². The first kappa shape index (κ1) is 13.5. The Morgan fingerprint density at radius 3 is 2.56 bits per heavy atom. The summed E-state index contributed by atoms with van der Waals surface area (Å²) in [6.45, 7) is 5.12. The summed E-state index contributed by atoms with van der Waals surface area (Å²) in [6, 6.07) is 0.682. The molecule has 0 radical (unpaired) electrons. The molecular formula is C15H25N3. The van der Waals surface area contributed by atoms with Crippen molar-refractivity contribution in [1.29, 1.82) is 0 Å². The highest BCUT2D eigenvalue weighted by atomic mass is 14.9. The fraction of sp³-hybridized carbons (Fsp3) is 0.733. The molecule has 1 heterocycles. The molecule has 1 saturated carbocycles. The predicted octanol–water partition coefficient (Wildman–Crippen LogP) is 3.23. The van der Waals surface area contributed by atoms with E-state index in [1.54, 1.807) is 0 Å². The summed E-state index contributed by atoms with van der Waals surface area (Å²) < 4.78 is 0. The van der Waals surface area contributed by atoms with Crippen LogP contribution in [0.15, 0.2) is 12.4 Å². The Labute approximate surface area is 110 Å². The zero-order valence-electron chi connectivity index (χ0n) is 11.7. The molecule has 0 unspecified atom stereocenters. The van der Waals surface area contributed by atoms with E-state index in [4.69, 9.17) is 0 Å². The van der Waals surface area contributed by atoms with Gasteiger partial charge in [-0.2, -0.15) is 0 Å². The Morgan fingerprint density at radius 1 is 1.17 bits per heavy atom. The van der Waals surface area contributed by atoms with Gasteiger partial charge in [0.2, 0.25) is 0 Å². The highest BCUT2D eigenvalue weighted by molar-refractivity contribution is 5.00. The van der Waals surface area contributed by atoms with Crippen molar-refractivity contribution in [1.82, 2.24) is 15.3 Å². The first-order valence-electron chi connectivity index (χ1n) is 7.29. The van der Waals surface area contributed by atoms with Crippen LogP contribution >= 0.6 is 0 Å². The van der Waals surface area contributed by atoms with Crippen LogP contribution in [0.3, 0.4) is 0 Å². The van der Waals surface area contributed by atoms with Crippen LogP contribution in [0.25, 0.3) is 0 Å². The van der Waals surface area contributed by atoms with Gasteiger partial charge in [-0.3, -0.25) is 9.97 Å². The molecule has 1 aliphatic rings. The van der Waals surface area contributed by atoms with Crippen molar-refractivity contribution in [3.8, 4) is 0 Å². The molecule has 1 aromatic heterocycles. The lowest BCUT2D eigenvalue weighted by Crippen LogP contribution is -2.33. The van der Waals surface area contributed by atoms with Crippen LogP contribution in [0.4, 0.5) is 0 Å². The minimum absolute atomic E-state index is 0.682. The van der Waals surface area contributed by atoms with Crippen LogP contribution < -0.4 is 5.32 Å². The molecule has 3 nitrogen and oxygen atoms in total. The lowest BCUT2D eigenvalue weighted by Gasteiger charge is -2.29. The second-order valence-corrected chi connectivity index (χ2v) is 5.54. The Kier molecular flexibility index (Phi) is 5.12. The first-order chi connectivity index (χ1) is 8.78. The van der Waals surface area contributed by atoms with E-state index >= 15 is 0 Å². The van der Waals surface area contributed by atoms with Crippen molar-refractivity contribution in [3.63, 3.8) is 0 Å². The van der Waals surface area contributed by atoms with Gasteiger partial charge in [-0.25, -0.2) is 0 Å². The average molecular weight is 247 g/mol. The second-order valence-electron chi connectivity index (χ2n) is 5.54. The van der Waals surface area contributed by atoms with E-state index < -0.39 is 0 Å². The summed E-state index contributed by atoms with van der Waals surface area (Å²) in [5, 5.41) is 3.62. The van der Waals surface area contributed by atoms with Crippen molar-refractivity contribution < 1.29 is 0 Å². The van der Waals surface area contributed by atoms with Gasteiger partial charge in [-0.15, -0.1) is 0 Å². The van der Waals surface area contributed by atoms with Gasteiger partial charge in [-0.1, -0.05) is 19.8 Å². The minimum atomic E-state index is 0.682. The number of hydrogen-bond acceptors (Lipinski definition) is 3. The molecule has 0 atom stereocenters. The molecule has 2 rings (SSSR count). The lowest BCUT2D eigenvalue weighted by molar-refractivity contribution is 0.277. The minimum Gasteiger partial charge on any atom is -0.308 e. The molecule has 1 aromatic rings. The fourth-order valence-electron chi connectivity index (χ4n) is 2.82. The smallest absolute Gasteiger partial charge is 0.0724 e. The SMILES string of the molecule is CCCC1CCC(NCc2cnc(C)cn2)CC1. The van der Waals surface area contributed by atoms with E-state index in [2.05, 4.69) is 22.2 Å². The summed E-state index contributed by atoms with van der Waals surface area (Å²) in [5.74, 6) is 0.979. The van der Waals surface area contributed by atoms with Crippen molar-refractivity contribution in [2.45, 2.75) is 65.0 Å². The van der Waals surface area contributed by atoms with Crippen LogP contribution in [0.1, 0.15) is 56.8 Å². The number of nitrogens with zero attached hydrogens (tertiary/aromatic N) is 2. The normalized spacial score (nSPS) is 24.1. The Morgan fingerprint density at radius 2 is 1.94 bits per heavy atom. The molecule has 0 bridgehead atoms. The van der Waals surface area contributed by atoms with Crippen LogP contribution in [-0.4, -0.2) is 16.0 Å². The van der Waals surface area contributed by atoms with E-state index in [9.17, 15) is 0 Å². The van der Waals surface area contributed by atoms with Crippen LogP contribution in [0.2, 0.25) is 0 Å². The second kappa shape index (κ2) is 6.83. The summed E-state index contributed by atoms with van der Waals surface area (Å²) in [7, 11) is 0. The van der Waals surface area contributed by atoms with Crippen LogP contribution in [0.5, 0.6) is 0 Å². The number of aromatic nitrogens is 2. The number of rotatable bonds is 5. The van der Waals surface area contributed by atoms with Crippen molar-refractivity contribution in [2.24, 2.45) is 5.92 Å². The van der Waals surface area contributed by atoms with E-state index in [-0.39, 0.29) is 0 Å². The molecular weight excluding hydrogens is 222 g/mol. The molecule has 0 saturated heterocycles. The van der Waals surface area contributed by atoms with Crippen molar-refractivity contribution in [3.05, 3.63) is 23.8 Å². The van der Waals surface area contributed by atoms with E-state index in [1.807, 2.05) is 19.3 Å². The van der Waals surface area contributed by atoms with Crippen LogP contribution in [-0.2, 0) is 6.54 Å². The largest absolute Gasteiger partial charge is 0.308 e. The average Bonchev–Trinajstić information content (AvgIpc) is 2.40. The summed E-state index contributed by atoms with van der Waals surface area (Å²) >= 11 is 0. The third kappa shape index (κ3) is 4.05. The van der Waals surface area contributed by atoms with Gasteiger partial charge in [0.15, 0.2) is 0 Å². The molecule has 0 spiro atoms. The third-order valence-corrected chi connectivity index (χ3v) is 3.95. The monoisotopic (exact) mass is 247 g/mol. The standard InChI is InChI=1S/C15H25N3/c1-3-4-13-5-7-14(8-6-13)18-11-15-10-16-12(2)9-17-15/h9-10,13-14,18H,3-8,11H2,1-2H3. The molecule has 3 heteroatoms. The van der Waals surface area contributed by atoms with Gasteiger partial charge >= 0.3 is 0 Å². The lowest BCUT2D eigenvalue weighted by atomic mass is 9.83. The maximum absolute atomic E-state index is 4.38. The zero-order chi connectivity index (χ0) is 12.8. The first-order valence-corrected chi connectivity index (χ1v) is 7.29. The number of nitrogens with one attached hydrogen (secondary N) is 1. The molecule has 0 aromatic carbocycles. The molecule has 0 amide bonds. The van der Waals surface area contributed by atoms with Crippen molar-refractivity contribution in [2.75, 3.05) is 0 Å². The number of hydrogen-bond donors (Lipinski definition) is 1. The van der Waals surface area contributed by atoms with Gasteiger partial charge in [0.05, 0.1) is 11.4 Å². The molecule has 100 valence electrons. The maximum Gasteiger partial charge on any atom is 0.0724 e. The zero-order valence-corrected chi connectivity index (χ0v) is 11.7. The summed E-state index contributed by atoms with van der Waals surface area (Å²) in [4.78, 5) is 8.66. The molecule has 18 heavy (non-hydrogen) atoms. The van der Waals surface area contributed by atoms with E-state index in [1.165, 1.54) is 38.5 Å². The fourth-order valence-corrected chi connectivity index (χ4v) is 2.82. The quantitative estimate of drug-likeness (QED) is 0.868. The Hall–Kier alpha value is -0.960. The van der Waals surface area contributed by atoms with E-state index in [0.29, 0.717) is 6.04 Å². The highest BCUT2D eigenvalue weighted by Gasteiger charge is 2.19. The van der Waals surface area contributed by atoms with Gasteiger partial charge in [0.1, 0.15) is 0 Å². The van der Waals surface area contributed by atoms with Crippen molar-refractivity contribution >= 4 is 0 Å². The number of aryl methyl sites for hydroxylation is 1. The van der Waals surface area contributed by atoms with Gasteiger partial charge in [0.25, 0.3) is 0 Å². The Balaban J connectivity index is 1.70. The predicted molar refractivity (Wildman–Crippen MR) is 74.3 cm³/mol. The van der Waals surface area contributed by atoms with Gasteiger partial charge in [0, 0.05) is 25.0 Å². The van der Waals surface area contributed by atoms with Crippen LogP contribution in [0, 0.1) is 12.8 Å².